The minimum Gasteiger partial charge on any atom is -0.405 e. The lowest BCUT2D eigenvalue weighted by atomic mass is 10.2. The first-order valence-electron chi connectivity index (χ1n) is 5.97. The van der Waals surface area contributed by atoms with E-state index in [1.54, 1.807) is 13.1 Å². The van der Waals surface area contributed by atoms with E-state index in [0.29, 0.717) is 0 Å². The summed E-state index contributed by atoms with van der Waals surface area (Å²) in [5.41, 5.74) is 0.214. The monoisotopic (exact) mass is 301 g/mol. The summed E-state index contributed by atoms with van der Waals surface area (Å²) in [7, 11) is 1.59. The van der Waals surface area contributed by atoms with E-state index in [9.17, 15) is 18.0 Å². The van der Waals surface area contributed by atoms with Crippen LogP contribution in [0.4, 0.5) is 13.2 Å². The van der Waals surface area contributed by atoms with E-state index < -0.39 is 12.3 Å². The molecule has 0 aliphatic rings. The summed E-state index contributed by atoms with van der Waals surface area (Å²) in [5.74, 6) is -0.745. The van der Waals surface area contributed by atoms with Crippen molar-refractivity contribution in [2.75, 3.05) is 20.1 Å². The van der Waals surface area contributed by atoms with Gasteiger partial charge in [-0.3, -0.25) is 9.69 Å². The summed E-state index contributed by atoms with van der Waals surface area (Å²) in [6.45, 7) is -0.0253. The minimum atomic E-state index is -4.78. The number of ether oxygens (including phenoxy) is 1. The minimum absolute atomic E-state index is 0.0180. The van der Waals surface area contributed by atoms with Crippen LogP contribution in [0.3, 0.4) is 0 Å². The van der Waals surface area contributed by atoms with Crippen LogP contribution in [0, 0.1) is 11.3 Å². The summed E-state index contributed by atoms with van der Waals surface area (Å²) >= 11 is 0. The van der Waals surface area contributed by atoms with E-state index >= 15 is 0 Å². The molecule has 0 heterocycles. The number of nitriles is 1. The van der Waals surface area contributed by atoms with Gasteiger partial charge in [0, 0.05) is 12.1 Å². The van der Waals surface area contributed by atoms with Gasteiger partial charge in [0.2, 0.25) is 5.91 Å². The number of nitrogens with one attached hydrogen (secondary N) is 1. The average Bonchev–Trinajstić information content (AvgIpc) is 2.36. The Hall–Kier alpha value is -2.27. The molecule has 1 amide bonds. The Morgan fingerprint density at radius 1 is 1.43 bits per heavy atom. The third kappa shape index (κ3) is 6.63. The molecule has 0 aliphatic heterocycles. The second-order valence-corrected chi connectivity index (χ2v) is 4.26. The number of carbonyl (C=O) groups excluding carboxylic acids is 1. The van der Waals surface area contributed by atoms with Gasteiger partial charge in [0.15, 0.2) is 0 Å². The van der Waals surface area contributed by atoms with E-state index in [1.807, 2.05) is 6.07 Å². The highest BCUT2D eigenvalue weighted by molar-refractivity contribution is 5.78. The van der Waals surface area contributed by atoms with Gasteiger partial charge in [0.05, 0.1) is 19.2 Å². The maximum atomic E-state index is 12.2. The number of benzene rings is 1. The zero-order valence-corrected chi connectivity index (χ0v) is 11.3. The molecule has 1 rings (SSSR count). The van der Waals surface area contributed by atoms with Crippen molar-refractivity contribution < 1.29 is 22.7 Å². The first kappa shape index (κ1) is 16.8. The largest absolute Gasteiger partial charge is 0.573 e. The molecule has 0 fully saturated rings. The molecule has 0 saturated carbocycles. The second-order valence-electron chi connectivity index (χ2n) is 4.26. The van der Waals surface area contributed by atoms with Gasteiger partial charge < -0.3 is 10.1 Å². The maximum Gasteiger partial charge on any atom is 0.573 e. The SMILES string of the molecule is CN(CC#N)CC(=O)NCc1ccccc1OC(F)(F)F. The maximum absolute atomic E-state index is 12.2. The standard InChI is InChI=1S/C13H14F3N3O2/c1-19(7-6-17)9-12(20)18-8-10-4-2-3-5-11(10)21-13(14,15)16/h2-5H,7-9H2,1H3,(H,18,20). The van der Waals surface area contributed by atoms with Crippen molar-refractivity contribution in [3.8, 4) is 11.8 Å². The lowest BCUT2D eigenvalue weighted by Gasteiger charge is -2.15. The number of halogens is 3. The third-order valence-electron chi connectivity index (χ3n) is 2.43. The van der Waals surface area contributed by atoms with Crippen molar-refractivity contribution in [1.82, 2.24) is 10.2 Å². The normalized spacial score (nSPS) is 11.0. The molecule has 0 aromatic heterocycles. The summed E-state index contributed by atoms with van der Waals surface area (Å²) in [4.78, 5) is 13.1. The Morgan fingerprint density at radius 3 is 2.71 bits per heavy atom. The second kappa shape index (κ2) is 7.50. The van der Waals surface area contributed by atoms with Gasteiger partial charge in [-0.15, -0.1) is 13.2 Å². The summed E-state index contributed by atoms with van der Waals surface area (Å²) < 4.78 is 40.6. The average molecular weight is 301 g/mol. The van der Waals surface area contributed by atoms with E-state index in [0.717, 1.165) is 0 Å². The van der Waals surface area contributed by atoms with E-state index in [4.69, 9.17) is 5.26 Å². The fourth-order valence-electron chi connectivity index (χ4n) is 1.55. The molecule has 8 heteroatoms. The van der Waals surface area contributed by atoms with Gasteiger partial charge in [0.1, 0.15) is 5.75 Å². The Kier molecular flexibility index (Phi) is 5.99. The van der Waals surface area contributed by atoms with Crippen molar-refractivity contribution in [3.05, 3.63) is 29.8 Å². The number of likely N-dealkylation sites (N-methyl/N-ethyl adjacent to an activating group) is 1. The van der Waals surface area contributed by atoms with Gasteiger partial charge in [-0.2, -0.15) is 5.26 Å². The molecule has 0 saturated heterocycles. The first-order chi connectivity index (χ1) is 9.81. The Balaban J connectivity index is 2.59. The van der Waals surface area contributed by atoms with Gasteiger partial charge in [-0.25, -0.2) is 0 Å². The molecule has 0 radical (unpaired) electrons. The predicted molar refractivity (Wildman–Crippen MR) is 68.1 cm³/mol. The fraction of sp³-hybridized carbons (Fsp3) is 0.385. The van der Waals surface area contributed by atoms with Crippen molar-refractivity contribution in [2.24, 2.45) is 0 Å². The fourth-order valence-corrected chi connectivity index (χ4v) is 1.55. The summed E-state index contributed by atoms with van der Waals surface area (Å²) in [6.07, 6.45) is -4.78. The molecule has 1 aromatic rings. The van der Waals surface area contributed by atoms with Crippen molar-refractivity contribution in [2.45, 2.75) is 12.9 Å². The molecule has 0 aliphatic carbocycles. The zero-order valence-electron chi connectivity index (χ0n) is 11.3. The van der Waals surface area contributed by atoms with Crippen molar-refractivity contribution in [1.29, 1.82) is 5.26 Å². The van der Waals surface area contributed by atoms with Crippen LogP contribution in [0.1, 0.15) is 5.56 Å². The number of nitrogens with zero attached hydrogens (tertiary/aromatic N) is 2. The molecule has 21 heavy (non-hydrogen) atoms. The van der Waals surface area contributed by atoms with Crippen LogP contribution in [0.25, 0.3) is 0 Å². The number of carbonyl (C=O) groups is 1. The van der Waals surface area contributed by atoms with Crippen LogP contribution in [0.5, 0.6) is 5.75 Å². The van der Waals surface area contributed by atoms with E-state index in [-0.39, 0.29) is 30.9 Å². The number of amides is 1. The number of hydrogen-bond donors (Lipinski definition) is 1. The topological polar surface area (TPSA) is 65.4 Å². The highest BCUT2D eigenvalue weighted by Gasteiger charge is 2.31. The van der Waals surface area contributed by atoms with Crippen LogP contribution in [0.2, 0.25) is 0 Å². The molecular weight excluding hydrogens is 287 g/mol. The quantitative estimate of drug-likeness (QED) is 0.812. The third-order valence-corrected chi connectivity index (χ3v) is 2.43. The smallest absolute Gasteiger partial charge is 0.405 e. The van der Waals surface area contributed by atoms with Gasteiger partial charge >= 0.3 is 6.36 Å². The summed E-state index contributed by atoms with van der Waals surface area (Å²) in [5, 5.41) is 10.9. The molecule has 114 valence electrons. The Bertz CT molecular complexity index is 526. The zero-order chi connectivity index (χ0) is 15.9. The summed E-state index contributed by atoms with van der Waals surface area (Å²) in [6, 6.07) is 7.45. The highest BCUT2D eigenvalue weighted by atomic mass is 19.4. The van der Waals surface area contributed by atoms with E-state index in [1.165, 1.54) is 23.1 Å². The Morgan fingerprint density at radius 2 is 2.10 bits per heavy atom. The number of hydrogen-bond acceptors (Lipinski definition) is 4. The van der Waals surface area contributed by atoms with Crippen LogP contribution >= 0.6 is 0 Å². The van der Waals surface area contributed by atoms with Crippen molar-refractivity contribution >= 4 is 5.91 Å². The van der Waals surface area contributed by atoms with Crippen LogP contribution in [-0.4, -0.2) is 37.3 Å². The van der Waals surface area contributed by atoms with Crippen LogP contribution in [-0.2, 0) is 11.3 Å². The molecule has 1 aromatic carbocycles. The molecular formula is C13H14F3N3O2. The van der Waals surface area contributed by atoms with Gasteiger partial charge in [-0.05, 0) is 13.1 Å². The van der Waals surface area contributed by atoms with E-state index in [2.05, 4.69) is 10.1 Å². The molecule has 0 spiro atoms. The molecule has 0 unspecified atom stereocenters. The molecule has 0 bridgehead atoms. The van der Waals surface area contributed by atoms with Crippen molar-refractivity contribution in [3.63, 3.8) is 0 Å². The van der Waals surface area contributed by atoms with Gasteiger partial charge in [-0.1, -0.05) is 18.2 Å². The number of rotatable bonds is 6. The number of alkyl halides is 3. The van der Waals surface area contributed by atoms with Gasteiger partial charge in [0.25, 0.3) is 0 Å². The predicted octanol–water partition coefficient (Wildman–Crippen LogP) is 1.66. The van der Waals surface area contributed by atoms with Crippen LogP contribution in [0.15, 0.2) is 24.3 Å². The number of para-hydroxylation sites is 1. The molecule has 1 N–H and O–H groups in total. The lowest BCUT2D eigenvalue weighted by Crippen LogP contribution is -2.35. The Labute approximate surface area is 119 Å². The molecule has 5 nitrogen and oxygen atoms in total. The lowest BCUT2D eigenvalue weighted by molar-refractivity contribution is -0.274. The molecule has 0 atom stereocenters. The first-order valence-corrected chi connectivity index (χ1v) is 5.97. The van der Waals surface area contributed by atoms with Crippen LogP contribution < -0.4 is 10.1 Å². The highest BCUT2D eigenvalue weighted by Crippen LogP contribution is 2.25.